The summed E-state index contributed by atoms with van der Waals surface area (Å²) < 4.78 is 0.306. The quantitative estimate of drug-likeness (QED) is 0.809. The zero-order chi connectivity index (χ0) is 12.4. The Kier molecular flexibility index (Phi) is 4.03. The minimum absolute atomic E-state index is 0.0810. The monoisotopic (exact) mass is 256 g/mol. The van der Waals surface area contributed by atoms with E-state index in [1.807, 2.05) is 11.8 Å². The van der Waals surface area contributed by atoms with E-state index in [1.54, 1.807) is 0 Å². The number of thioether (sulfide) groups is 1. The van der Waals surface area contributed by atoms with Crippen LogP contribution in [-0.2, 0) is 4.79 Å². The molecule has 3 nitrogen and oxygen atoms in total. The second kappa shape index (κ2) is 5.19. The summed E-state index contributed by atoms with van der Waals surface area (Å²) in [5.41, 5.74) is 5.63. The Morgan fingerprint density at radius 2 is 1.82 bits per heavy atom. The highest BCUT2D eigenvalue weighted by Gasteiger charge is 2.39. The van der Waals surface area contributed by atoms with Crippen LogP contribution in [0.5, 0.6) is 0 Å². The Hall–Kier alpha value is -0.220. The maximum Gasteiger partial charge on any atom is 0.240 e. The van der Waals surface area contributed by atoms with Gasteiger partial charge in [0.1, 0.15) is 0 Å². The first kappa shape index (κ1) is 13.2. The van der Waals surface area contributed by atoms with Gasteiger partial charge in [0.2, 0.25) is 5.91 Å². The normalized spacial score (nSPS) is 26.0. The van der Waals surface area contributed by atoms with Crippen LogP contribution >= 0.6 is 11.8 Å². The van der Waals surface area contributed by atoms with Gasteiger partial charge in [0, 0.05) is 11.3 Å². The lowest BCUT2D eigenvalue weighted by atomic mass is 9.81. The summed E-state index contributed by atoms with van der Waals surface area (Å²) in [6, 6.07) is 0. The van der Waals surface area contributed by atoms with E-state index in [2.05, 4.69) is 11.6 Å². The van der Waals surface area contributed by atoms with E-state index in [1.165, 1.54) is 25.7 Å². The predicted molar refractivity (Wildman–Crippen MR) is 73.1 cm³/mol. The molecule has 2 rings (SSSR count). The van der Waals surface area contributed by atoms with Gasteiger partial charge in [0.05, 0.1) is 5.54 Å². The fourth-order valence-corrected chi connectivity index (χ4v) is 3.76. The summed E-state index contributed by atoms with van der Waals surface area (Å²) >= 11 is 1.89. The van der Waals surface area contributed by atoms with E-state index in [9.17, 15) is 4.79 Å². The lowest BCUT2D eigenvalue weighted by molar-refractivity contribution is -0.127. The first-order valence-corrected chi connectivity index (χ1v) is 7.95. The Bertz CT molecular complexity index is 278. The summed E-state index contributed by atoms with van der Waals surface area (Å²) in [5, 5.41) is 3.10. The topological polar surface area (TPSA) is 55.1 Å². The maximum atomic E-state index is 12.2. The van der Waals surface area contributed by atoms with Crippen LogP contribution in [0.2, 0.25) is 0 Å². The van der Waals surface area contributed by atoms with Gasteiger partial charge in [-0.15, -0.1) is 0 Å². The molecular weight excluding hydrogens is 232 g/mol. The van der Waals surface area contributed by atoms with Crippen molar-refractivity contribution < 1.29 is 4.79 Å². The van der Waals surface area contributed by atoms with Crippen molar-refractivity contribution in [2.24, 2.45) is 5.73 Å². The number of nitrogens with two attached hydrogens (primary N) is 1. The molecule has 2 fully saturated rings. The summed E-state index contributed by atoms with van der Waals surface area (Å²) in [6.45, 7) is 0.798. The van der Waals surface area contributed by atoms with E-state index >= 15 is 0 Å². The Morgan fingerprint density at radius 3 is 2.29 bits per heavy atom. The zero-order valence-corrected chi connectivity index (χ0v) is 11.6. The first-order valence-electron chi connectivity index (χ1n) is 6.73. The third-order valence-corrected chi connectivity index (χ3v) is 5.89. The molecule has 4 heteroatoms. The van der Waals surface area contributed by atoms with Crippen molar-refractivity contribution in [3.05, 3.63) is 0 Å². The minimum Gasteiger partial charge on any atom is -0.353 e. The molecule has 0 aromatic carbocycles. The van der Waals surface area contributed by atoms with Crippen LogP contribution in [0.1, 0.15) is 51.4 Å². The molecule has 2 aliphatic rings. The van der Waals surface area contributed by atoms with Crippen molar-refractivity contribution in [1.82, 2.24) is 5.32 Å². The van der Waals surface area contributed by atoms with Crippen molar-refractivity contribution in [2.75, 3.05) is 12.8 Å². The zero-order valence-electron chi connectivity index (χ0n) is 10.8. The van der Waals surface area contributed by atoms with Crippen LogP contribution < -0.4 is 11.1 Å². The van der Waals surface area contributed by atoms with Gasteiger partial charge >= 0.3 is 0 Å². The van der Waals surface area contributed by atoms with Crippen LogP contribution in [-0.4, -0.2) is 29.0 Å². The van der Waals surface area contributed by atoms with Gasteiger partial charge in [0.25, 0.3) is 0 Å². The molecule has 0 heterocycles. The predicted octanol–water partition coefficient (Wildman–Crippen LogP) is 2.05. The van der Waals surface area contributed by atoms with Crippen molar-refractivity contribution in [1.29, 1.82) is 0 Å². The molecule has 0 aromatic rings. The number of rotatable bonds is 4. The highest BCUT2D eigenvalue weighted by Crippen LogP contribution is 2.42. The summed E-state index contributed by atoms with van der Waals surface area (Å²) in [7, 11) is 0. The molecule has 0 atom stereocenters. The van der Waals surface area contributed by atoms with Crippen LogP contribution in [0.25, 0.3) is 0 Å². The molecule has 0 radical (unpaired) electrons. The molecule has 0 unspecified atom stereocenters. The van der Waals surface area contributed by atoms with E-state index < -0.39 is 5.54 Å². The van der Waals surface area contributed by atoms with E-state index in [0.717, 1.165) is 32.2 Å². The van der Waals surface area contributed by atoms with Gasteiger partial charge in [-0.05, 0) is 31.9 Å². The van der Waals surface area contributed by atoms with Crippen LogP contribution in [0.3, 0.4) is 0 Å². The highest BCUT2D eigenvalue weighted by atomic mass is 32.2. The molecule has 0 aliphatic heterocycles. The highest BCUT2D eigenvalue weighted by molar-refractivity contribution is 8.00. The lowest BCUT2D eigenvalue weighted by Crippen LogP contribution is -2.57. The molecule has 0 bridgehead atoms. The van der Waals surface area contributed by atoms with Crippen molar-refractivity contribution in [2.45, 2.75) is 61.7 Å². The molecule has 0 saturated heterocycles. The number of amides is 1. The average Bonchev–Trinajstić information content (AvgIpc) is 2.29. The van der Waals surface area contributed by atoms with E-state index in [4.69, 9.17) is 5.73 Å². The van der Waals surface area contributed by atoms with Gasteiger partial charge in [-0.3, -0.25) is 4.79 Å². The fourth-order valence-electron chi connectivity index (χ4n) is 2.85. The van der Waals surface area contributed by atoms with Gasteiger partial charge in [-0.25, -0.2) is 0 Å². The lowest BCUT2D eigenvalue weighted by Gasteiger charge is -2.41. The van der Waals surface area contributed by atoms with Crippen LogP contribution in [0, 0.1) is 0 Å². The second-order valence-electron chi connectivity index (χ2n) is 5.64. The van der Waals surface area contributed by atoms with Gasteiger partial charge in [0.15, 0.2) is 0 Å². The average molecular weight is 256 g/mol. The van der Waals surface area contributed by atoms with Crippen molar-refractivity contribution in [3.63, 3.8) is 0 Å². The maximum absolute atomic E-state index is 12.2. The Labute approximate surface area is 108 Å². The fraction of sp³-hybridized carbons (Fsp3) is 0.923. The number of nitrogens with one attached hydrogen (secondary N) is 1. The second-order valence-corrected chi connectivity index (χ2v) is 6.91. The molecule has 17 heavy (non-hydrogen) atoms. The summed E-state index contributed by atoms with van der Waals surface area (Å²) in [6.07, 6.45) is 11.0. The Balaban J connectivity index is 1.84. The smallest absolute Gasteiger partial charge is 0.240 e. The molecule has 2 aliphatic carbocycles. The molecule has 0 spiro atoms. The largest absolute Gasteiger partial charge is 0.353 e. The SMILES string of the molecule is CSC1(CNC(=O)C2(N)CCCCC2)CCC1. The summed E-state index contributed by atoms with van der Waals surface area (Å²) in [4.78, 5) is 12.2. The molecular formula is C13H24N2OS. The van der Waals surface area contributed by atoms with Crippen molar-refractivity contribution >= 4 is 17.7 Å². The molecule has 2 saturated carbocycles. The number of carbonyl (C=O) groups is 1. The summed E-state index contributed by atoms with van der Waals surface area (Å²) in [5.74, 6) is 0.0810. The van der Waals surface area contributed by atoms with E-state index in [0.29, 0.717) is 4.75 Å². The van der Waals surface area contributed by atoms with Crippen LogP contribution in [0.4, 0.5) is 0 Å². The third kappa shape index (κ3) is 2.79. The molecule has 3 N–H and O–H groups in total. The van der Waals surface area contributed by atoms with Crippen molar-refractivity contribution in [3.8, 4) is 0 Å². The number of carbonyl (C=O) groups excluding carboxylic acids is 1. The first-order chi connectivity index (χ1) is 8.10. The molecule has 1 amide bonds. The molecule has 0 aromatic heterocycles. The Morgan fingerprint density at radius 1 is 1.18 bits per heavy atom. The molecule has 98 valence electrons. The van der Waals surface area contributed by atoms with Gasteiger partial charge < -0.3 is 11.1 Å². The van der Waals surface area contributed by atoms with Crippen LogP contribution in [0.15, 0.2) is 0 Å². The third-order valence-electron chi connectivity index (χ3n) is 4.47. The minimum atomic E-state index is -0.582. The van der Waals surface area contributed by atoms with Gasteiger partial charge in [-0.2, -0.15) is 11.8 Å². The van der Waals surface area contributed by atoms with E-state index in [-0.39, 0.29) is 5.91 Å². The van der Waals surface area contributed by atoms with Gasteiger partial charge in [-0.1, -0.05) is 25.7 Å². The number of hydrogen-bond donors (Lipinski definition) is 2. The standard InChI is InChI=1S/C13H24N2OS/c1-17-12(6-5-7-12)10-15-11(16)13(14)8-3-2-4-9-13/h2-10,14H2,1H3,(H,15,16). The number of hydrogen-bond acceptors (Lipinski definition) is 3.